The molecule has 2 aromatic carbocycles. The highest BCUT2D eigenvalue weighted by Gasteiger charge is 2.31. The minimum absolute atomic E-state index is 0.0449. The van der Waals surface area contributed by atoms with Crippen LogP contribution in [0.25, 0.3) is 0 Å². The highest BCUT2D eigenvalue weighted by Crippen LogP contribution is 2.35. The third kappa shape index (κ3) is 5.58. The van der Waals surface area contributed by atoms with Crippen molar-refractivity contribution in [1.29, 1.82) is 0 Å². The number of methoxy groups -OCH3 is 1. The molecule has 0 bridgehead atoms. The molecule has 35 heavy (non-hydrogen) atoms. The molecule has 5 rings (SSSR count). The number of anilines is 1. The summed E-state index contributed by atoms with van der Waals surface area (Å²) in [6.45, 7) is 2.35. The summed E-state index contributed by atoms with van der Waals surface area (Å²) >= 11 is 0. The second-order valence-electron chi connectivity index (χ2n) is 9.34. The van der Waals surface area contributed by atoms with Crippen LogP contribution >= 0.6 is 0 Å². The number of carbonyl (C=O) groups excluding carboxylic acids is 1. The Morgan fingerprint density at radius 2 is 1.89 bits per heavy atom. The summed E-state index contributed by atoms with van der Waals surface area (Å²) in [5.41, 5.74) is 2.32. The van der Waals surface area contributed by atoms with E-state index in [4.69, 9.17) is 9.47 Å². The minimum Gasteiger partial charge on any atom is -0.493 e. The maximum atomic E-state index is 13.2. The molecular formula is C27H33N5O3. The van der Waals surface area contributed by atoms with Gasteiger partial charge in [-0.3, -0.25) is 4.79 Å². The van der Waals surface area contributed by atoms with E-state index in [9.17, 15) is 4.79 Å². The van der Waals surface area contributed by atoms with Gasteiger partial charge in [-0.05, 0) is 49.8 Å². The second kappa shape index (κ2) is 10.8. The number of rotatable bonds is 8. The van der Waals surface area contributed by atoms with E-state index in [0.717, 1.165) is 49.5 Å². The first-order chi connectivity index (χ1) is 17.2. The SMILES string of the molecule is COc1ccc(N2CCN(C(=O)Cn3ccnn3)C(Cc3ccccc3)C2)cc1OC1CCCC1. The molecule has 1 saturated heterocycles. The van der Waals surface area contributed by atoms with E-state index in [-0.39, 0.29) is 24.6 Å². The summed E-state index contributed by atoms with van der Waals surface area (Å²) in [7, 11) is 1.69. The van der Waals surface area contributed by atoms with Crippen LogP contribution in [0.2, 0.25) is 0 Å². The molecule has 184 valence electrons. The smallest absolute Gasteiger partial charge is 0.244 e. The van der Waals surface area contributed by atoms with Gasteiger partial charge in [0.1, 0.15) is 6.54 Å². The van der Waals surface area contributed by atoms with Crippen molar-refractivity contribution in [2.75, 3.05) is 31.6 Å². The fourth-order valence-electron chi connectivity index (χ4n) is 5.17. The maximum Gasteiger partial charge on any atom is 0.244 e. The first-order valence-electron chi connectivity index (χ1n) is 12.5. The molecule has 0 N–H and O–H groups in total. The van der Waals surface area contributed by atoms with E-state index < -0.39 is 0 Å². The summed E-state index contributed by atoms with van der Waals surface area (Å²) in [5, 5.41) is 7.80. The van der Waals surface area contributed by atoms with Crippen molar-refractivity contribution >= 4 is 11.6 Å². The van der Waals surface area contributed by atoms with Crippen molar-refractivity contribution in [1.82, 2.24) is 19.9 Å². The molecule has 2 aliphatic rings. The van der Waals surface area contributed by atoms with Crippen LogP contribution in [0.4, 0.5) is 5.69 Å². The molecule has 1 aliphatic heterocycles. The van der Waals surface area contributed by atoms with Gasteiger partial charge in [0, 0.05) is 37.6 Å². The van der Waals surface area contributed by atoms with E-state index in [0.29, 0.717) is 6.54 Å². The number of hydrogen-bond acceptors (Lipinski definition) is 6. The maximum absolute atomic E-state index is 13.2. The van der Waals surface area contributed by atoms with Crippen molar-refractivity contribution in [3.8, 4) is 11.5 Å². The summed E-state index contributed by atoms with van der Waals surface area (Å²) in [5.74, 6) is 1.64. The molecule has 3 aromatic rings. The van der Waals surface area contributed by atoms with Crippen LogP contribution in [-0.4, -0.2) is 64.7 Å². The molecule has 1 unspecified atom stereocenters. The Kier molecular flexibility index (Phi) is 7.16. The average molecular weight is 476 g/mol. The van der Waals surface area contributed by atoms with Gasteiger partial charge in [-0.2, -0.15) is 0 Å². The molecule has 1 amide bonds. The number of ether oxygens (including phenoxy) is 2. The number of benzene rings is 2. The normalized spacial score (nSPS) is 18.6. The van der Waals surface area contributed by atoms with Crippen LogP contribution in [0.15, 0.2) is 60.9 Å². The highest BCUT2D eigenvalue weighted by molar-refractivity contribution is 5.77. The van der Waals surface area contributed by atoms with Crippen molar-refractivity contribution in [3.63, 3.8) is 0 Å². The fraction of sp³-hybridized carbons (Fsp3) is 0.444. The van der Waals surface area contributed by atoms with E-state index >= 15 is 0 Å². The number of aromatic nitrogens is 3. The zero-order valence-electron chi connectivity index (χ0n) is 20.3. The molecule has 2 fully saturated rings. The number of amides is 1. The molecule has 1 atom stereocenters. The van der Waals surface area contributed by atoms with Gasteiger partial charge >= 0.3 is 0 Å². The Balaban J connectivity index is 1.35. The lowest BCUT2D eigenvalue weighted by atomic mass is 10.0. The first-order valence-corrected chi connectivity index (χ1v) is 12.5. The van der Waals surface area contributed by atoms with Crippen molar-refractivity contribution in [2.45, 2.75) is 50.8 Å². The van der Waals surface area contributed by atoms with Crippen molar-refractivity contribution in [2.24, 2.45) is 0 Å². The second-order valence-corrected chi connectivity index (χ2v) is 9.34. The summed E-state index contributed by atoms with van der Waals surface area (Å²) in [6.07, 6.45) is 9.01. The average Bonchev–Trinajstić information content (AvgIpc) is 3.59. The van der Waals surface area contributed by atoms with Gasteiger partial charge in [0.2, 0.25) is 5.91 Å². The minimum atomic E-state index is 0.0449. The summed E-state index contributed by atoms with van der Waals surface area (Å²) in [4.78, 5) is 17.6. The topological polar surface area (TPSA) is 72.7 Å². The van der Waals surface area contributed by atoms with Gasteiger partial charge in [-0.25, -0.2) is 4.68 Å². The molecule has 0 radical (unpaired) electrons. The Labute approximate surface area is 206 Å². The van der Waals surface area contributed by atoms with E-state index in [2.05, 4.69) is 39.5 Å². The van der Waals surface area contributed by atoms with E-state index in [1.807, 2.05) is 29.2 Å². The first kappa shape index (κ1) is 23.2. The molecule has 2 heterocycles. The van der Waals surface area contributed by atoms with Gasteiger partial charge in [0.25, 0.3) is 0 Å². The van der Waals surface area contributed by atoms with Crippen LogP contribution in [0.3, 0.4) is 0 Å². The molecule has 1 aromatic heterocycles. The van der Waals surface area contributed by atoms with Gasteiger partial charge < -0.3 is 19.3 Å². The van der Waals surface area contributed by atoms with Gasteiger partial charge in [-0.15, -0.1) is 5.10 Å². The quantitative estimate of drug-likeness (QED) is 0.496. The number of hydrogen-bond donors (Lipinski definition) is 0. The third-order valence-electron chi connectivity index (χ3n) is 6.99. The van der Waals surface area contributed by atoms with Gasteiger partial charge in [0.05, 0.1) is 25.5 Å². The van der Waals surface area contributed by atoms with Crippen LogP contribution in [0.1, 0.15) is 31.2 Å². The van der Waals surface area contributed by atoms with Gasteiger partial charge in [-0.1, -0.05) is 35.5 Å². The monoisotopic (exact) mass is 475 g/mol. The predicted molar refractivity (Wildman–Crippen MR) is 134 cm³/mol. The largest absolute Gasteiger partial charge is 0.493 e. The predicted octanol–water partition coefficient (Wildman–Crippen LogP) is 3.57. The fourth-order valence-corrected chi connectivity index (χ4v) is 5.17. The molecule has 1 aliphatic carbocycles. The van der Waals surface area contributed by atoms with Crippen LogP contribution in [0, 0.1) is 0 Å². The lowest BCUT2D eigenvalue weighted by Crippen LogP contribution is -2.56. The van der Waals surface area contributed by atoms with Gasteiger partial charge in [0.15, 0.2) is 11.5 Å². The van der Waals surface area contributed by atoms with E-state index in [1.165, 1.54) is 18.4 Å². The summed E-state index contributed by atoms with van der Waals surface area (Å²) < 4.78 is 13.5. The molecule has 1 saturated carbocycles. The standard InChI is InChI=1S/C27H33N5O3/c1-34-25-12-11-22(18-26(25)35-24-9-5-6-10-24)30-15-16-32(27(33)20-31-14-13-28-29-31)23(19-30)17-21-7-3-2-4-8-21/h2-4,7-8,11-14,18,23-24H,5-6,9-10,15-17,19-20H2,1H3. The third-order valence-corrected chi connectivity index (χ3v) is 6.99. The Morgan fingerprint density at radius 1 is 1.06 bits per heavy atom. The van der Waals surface area contributed by atoms with Crippen LogP contribution < -0.4 is 14.4 Å². The molecule has 0 spiro atoms. The number of carbonyl (C=O) groups is 1. The van der Waals surface area contributed by atoms with Crippen LogP contribution in [0.5, 0.6) is 11.5 Å². The Bertz CT molecular complexity index is 1100. The Hall–Kier alpha value is -3.55. The highest BCUT2D eigenvalue weighted by atomic mass is 16.5. The van der Waals surface area contributed by atoms with Crippen molar-refractivity contribution in [3.05, 3.63) is 66.5 Å². The van der Waals surface area contributed by atoms with Crippen LogP contribution in [-0.2, 0) is 17.8 Å². The zero-order valence-corrected chi connectivity index (χ0v) is 20.3. The molecule has 8 nitrogen and oxygen atoms in total. The molecular weight excluding hydrogens is 442 g/mol. The lowest BCUT2D eigenvalue weighted by Gasteiger charge is -2.42. The molecule has 8 heteroatoms. The van der Waals surface area contributed by atoms with E-state index in [1.54, 1.807) is 24.2 Å². The number of nitrogens with zero attached hydrogens (tertiary/aromatic N) is 5. The summed E-state index contributed by atoms with van der Waals surface area (Å²) in [6, 6.07) is 16.6. The zero-order chi connectivity index (χ0) is 24.0. The van der Waals surface area contributed by atoms with Crippen molar-refractivity contribution < 1.29 is 14.3 Å². The Morgan fingerprint density at radius 3 is 2.63 bits per heavy atom. The lowest BCUT2D eigenvalue weighted by molar-refractivity contribution is -0.134. The number of piperazine rings is 1.